The molecular weight excluding hydrogens is 224 g/mol. The number of nitrogens with one attached hydrogen (secondary N) is 1. The lowest BCUT2D eigenvalue weighted by molar-refractivity contribution is -0.384. The molecule has 1 aromatic carbocycles. The van der Waals surface area contributed by atoms with Crippen LogP contribution >= 0.6 is 0 Å². The number of hydrogen-bond acceptors (Lipinski definition) is 3. The van der Waals surface area contributed by atoms with Crippen LogP contribution in [0.15, 0.2) is 36.7 Å². The lowest BCUT2D eigenvalue weighted by Crippen LogP contribution is -1.96. The largest absolute Gasteiger partial charge is 0.478 e. The van der Waals surface area contributed by atoms with Crippen LogP contribution in [0.2, 0.25) is 0 Å². The highest BCUT2D eigenvalue weighted by Crippen LogP contribution is 2.25. The van der Waals surface area contributed by atoms with Gasteiger partial charge in [0.15, 0.2) is 0 Å². The van der Waals surface area contributed by atoms with Gasteiger partial charge in [-0.05, 0) is 17.7 Å². The van der Waals surface area contributed by atoms with E-state index < -0.39 is 10.9 Å². The molecule has 1 heterocycles. The van der Waals surface area contributed by atoms with Gasteiger partial charge in [0.2, 0.25) is 0 Å². The highest BCUT2D eigenvalue weighted by molar-refractivity contribution is 5.95. The monoisotopic (exact) mass is 232 g/mol. The van der Waals surface area contributed by atoms with Crippen LogP contribution in [-0.2, 0) is 0 Å². The average molecular weight is 232 g/mol. The van der Waals surface area contributed by atoms with Crippen LogP contribution in [0.4, 0.5) is 5.69 Å². The fraction of sp³-hybridized carbons (Fsp3) is 0. The van der Waals surface area contributed by atoms with E-state index in [0.717, 1.165) is 0 Å². The van der Waals surface area contributed by atoms with E-state index in [1.165, 1.54) is 30.5 Å². The van der Waals surface area contributed by atoms with Gasteiger partial charge in [0.25, 0.3) is 5.69 Å². The molecular formula is C11H8N2O4. The molecule has 0 amide bonds. The van der Waals surface area contributed by atoms with Crippen LogP contribution < -0.4 is 0 Å². The van der Waals surface area contributed by atoms with Crippen molar-refractivity contribution >= 4 is 11.7 Å². The minimum atomic E-state index is -1.04. The number of hydrogen-bond donors (Lipinski definition) is 2. The zero-order valence-corrected chi connectivity index (χ0v) is 8.58. The minimum Gasteiger partial charge on any atom is -0.478 e. The van der Waals surface area contributed by atoms with E-state index in [2.05, 4.69) is 4.98 Å². The smallest absolute Gasteiger partial charge is 0.337 e. The fourth-order valence-corrected chi connectivity index (χ4v) is 1.54. The molecule has 6 heteroatoms. The maximum absolute atomic E-state index is 10.9. The predicted octanol–water partition coefficient (Wildman–Crippen LogP) is 2.29. The van der Waals surface area contributed by atoms with Crippen molar-refractivity contribution in [3.63, 3.8) is 0 Å². The number of nitro groups is 1. The Morgan fingerprint density at radius 2 is 1.88 bits per heavy atom. The van der Waals surface area contributed by atoms with Crippen molar-refractivity contribution in [2.75, 3.05) is 0 Å². The van der Waals surface area contributed by atoms with Crippen LogP contribution in [0.25, 0.3) is 11.1 Å². The minimum absolute atomic E-state index is 0.0267. The summed E-state index contributed by atoms with van der Waals surface area (Å²) in [6.07, 6.45) is 2.92. The number of carboxylic acid groups (broad SMARTS) is 1. The Bertz CT molecular complexity index is 571. The third-order valence-electron chi connectivity index (χ3n) is 2.37. The number of H-pyrrole nitrogens is 1. The maximum atomic E-state index is 10.9. The second-order valence-electron chi connectivity index (χ2n) is 3.39. The van der Waals surface area contributed by atoms with E-state index in [4.69, 9.17) is 5.11 Å². The number of non-ortho nitro benzene ring substituents is 1. The summed E-state index contributed by atoms with van der Waals surface area (Å²) in [5.74, 6) is -1.04. The van der Waals surface area contributed by atoms with Crippen LogP contribution in [0, 0.1) is 10.1 Å². The maximum Gasteiger partial charge on any atom is 0.337 e. The summed E-state index contributed by atoms with van der Waals surface area (Å²) in [7, 11) is 0. The van der Waals surface area contributed by atoms with Crippen molar-refractivity contribution < 1.29 is 14.8 Å². The molecule has 1 aromatic heterocycles. The fourth-order valence-electron chi connectivity index (χ4n) is 1.54. The zero-order chi connectivity index (χ0) is 12.4. The lowest BCUT2D eigenvalue weighted by Gasteiger charge is -1.99. The molecule has 2 N–H and O–H groups in total. The van der Waals surface area contributed by atoms with Gasteiger partial charge >= 0.3 is 5.97 Å². The van der Waals surface area contributed by atoms with Crippen molar-refractivity contribution in [3.05, 3.63) is 52.3 Å². The first-order chi connectivity index (χ1) is 8.09. The Morgan fingerprint density at radius 3 is 2.41 bits per heavy atom. The SMILES string of the molecule is O=C(O)c1c[nH]cc1-c1ccc([N+](=O)[O-])cc1. The summed E-state index contributed by atoms with van der Waals surface area (Å²) in [6, 6.07) is 5.73. The van der Waals surface area contributed by atoms with Gasteiger partial charge in [-0.1, -0.05) is 0 Å². The molecule has 0 spiro atoms. The van der Waals surface area contributed by atoms with E-state index in [-0.39, 0.29) is 11.3 Å². The van der Waals surface area contributed by atoms with E-state index in [9.17, 15) is 14.9 Å². The van der Waals surface area contributed by atoms with E-state index >= 15 is 0 Å². The standard InChI is InChI=1S/C11H8N2O4/c14-11(15)10-6-12-5-9(10)7-1-3-8(4-2-7)13(16)17/h1-6,12H,(H,14,15). The Kier molecular flexibility index (Phi) is 2.61. The van der Waals surface area contributed by atoms with Gasteiger partial charge in [-0.15, -0.1) is 0 Å². The number of carbonyl (C=O) groups is 1. The van der Waals surface area contributed by atoms with Crippen LogP contribution in [0.5, 0.6) is 0 Å². The van der Waals surface area contributed by atoms with Gasteiger partial charge in [-0.3, -0.25) is 10.1 Å². The van der Waals surface area contributed by atoms with Gasteiger partial charge in [0, 0.05) is 30.1 Å². The Labute approximate surface area is 95.7 Å². The zero-order valence-electron chi connectivity index (χ0n) is 8.58. The first-order valence-corrected chi connectivity index (χ1v) is 4.74. The third kappa shape index (κ3) is 2.00. The summed E-state index contributed by atoms with van der Waals surface area (Å²) >= 11 is 0. The van der Waals surface area contributed by atoms with Crippen LogP contribution in [0.1, 0.15) is 10.4 Å². The Balaban J connectivity index is 2.43. The topological polar surface area (TPSA) is 96.2 Å². The van der Waals surface area contributed by atoms with Gasteiger partial charge in [0.1, 0.15) is 0 Å². The van der Waals surface area contributed by atoms with E-state index in [1.807, 2.05) is 0 Å². The predicted molar refractivity (Wildman–Crippen MR) is 59.8 cm³/mol. The molecule has 0 saturated carbocycles. The Morgan fingerprint density at radius 1 is 1.24 bits per heavy atom. The van der Waals surface area contributed by atoms with E-state index in [0.29, 0.717) is 11.1 Å². The van der Waals surface area contributed by atoms with Gasteiger partial charge < -0.3 is 10.1 Å². The molecule has 2 aromatic rings. The normalized spacial score (nSPS) is 10.1. The number of rotatable bonds is 3. The number of nitro benzene ring substituents is 1. The molecule has 0 bridgehead atoms. The summed E-state index contributed by atoms with van der Waals surface area (Å²) < 4.78 is 0. The van der Waals surface area contributed by atoms with Crippen LogP contribution in [-0.4, -0.2) is 21.0 Å². The molecule has 0 radical (unpaired) electrons. The summed E-state index contributed by atoms with van der Waals surface area (Å²) in [6.45, 7) is 0. The highest BCUT2D eigenvalue weighted by Gasteiger charge is 2.13. The number of aromatic amines is 1. The number of carboxylic acids is 1. The van der Waals surface area contributed by atoms with Crippen LogP contribution in [0.3, 0.4) is 0 Å². The molecule has 6 nitrogen and oxygen atoms in total. The molecule has 0 aliphatic rings. The van der Waals surface area contributed by atoms with Gasteiger partial charge in [0.05, 0.1) is 10.5 Å². The van der Waals surface area contributed by atoms with Crippen molar-refractivity contribution in [1.29, 1.82) is 0 Å². The first kappa shape index (κ1) is 10.9. The molecule has 0 unspecified atom stereocenters. The molecule has 0 atom stereocenters. The van der Waals surface area contributed by atoms with E-state index in [1.54, 1.807) is 6.20 Å². The quantitative estimate of drug-likeness (QED) is 0.626. The molecule has 0 aliphatic carbocycles. The van der Waals surface area contributed by atoms with Crippen molar-refractivity contribution in [2.45, 2.75) is 0 Å². The number of nitrogens with zero attached hydrogens (tertiary/aromatic N) is 1. The average Bonchev–Trinajstić information content (AvgIpc) is 2.78. The highest BCUT2D eigenvalue weighted by atomic mass is 16.6. The molecule has 2 rings (SSSR count). The second-order valence-corrected chi connectivity index (χ2v) is 3.39. The lowest BCUT2D eigenvalue weighted by atomic mass is 10.0. The summed E-state index contributed by atoms with van der Waals surface area (Å²) in [4.78, 5) is 23.6. The van der Waals surface area contributed by atoms with Gasteiger partial charge in [-0.25, -0.2) is 4.79 Å². The first-order valence-electron chi connectivity index (χ1n) is 4.74. The van der Waals surface area contributed by atoms with Crippen molar-refractivity contribution in [3.8, 4) is 11.1 Å². The molecule has 0 fully saturated rings. The summed E-state index contributed by atoms with van der Waals surface area (Å²) in [5, 5.41) is 19.4. The third-order valence-corrected chi connectivity index (χ3v) is 2.37. The van der Waals surface area contributed by atoms with Gasteiger partial charge in [-0.2, -0.15) is 0 Å². The number of benzene rings is 1. The Hall–Kier alpha value is -2.63. The van der Waals surface area contributed by atoms with Crippen molar-refractivity contribution in [1.82, 2.24) is 4.98 Å². The molecule has 17 heavy (non-hydrogen) atoms. The molecule has 86 valence electrons. The molecule has 0 saturated heterocycles. The number of aromatic carboxylic acids is 1. The number of aromatic nitrogens is 1. The molecule has 0 aliphatic heterocycles. The van der Waals surface area contributed by atoms with Crippen molar-refractivity contribution in [2.24, 2.45) is 0 Å². The summed E-state index contributed by atoms with van der Waals surface area (Å²) in [5.41, 5.74) is 1.24. The second kappa shape index (κ2) is 4.09.